The summed E-state index contributed by atoms with van der Waals surface area (Å²) in [6.45, 7) is 1.99. The molecule has 3 nitrogen and oxygen atoms in total. The van der Waals surface area contributed by atoms with E-state index in [4.69, 9.17) is 21.7 Å². The molecule has 0 bridgehead atoms. The van der Waals surface area contributed by atoms with Gasteiger partial charge in [-0.25, -0.2) is 0 Å². The van der Waals surface area contributed by atoms with Crippen LogP contribution in [0.5, 0.6) is 11.5 Å². The maximum Gasteiger partial charge on any atom is 0.264 e. The zero-order valence-electron chi connectivity index (χ0n) is 9.31. The van der Waals surface area contributed by atoms with Crippen LogP contribution in [0.1, 0.15) is 12.8 Å². The SMILES string of the molecule is COc1ccccc1OC(=S)N1CCCC1. The second kappa shape index (κ2) is 5.16. The molecule has 16 heavy (non-hydrogen) atoms. The predicted octanol–water partition coefficient (Wildman–Crippen LogP) is 2.45. The molecule has 0 atom stereocenters. The van der Waals surface area contributed by atoms with Crippen molar-refractivity contribution in [3.8, 4) is 11.5 Å². The summed E-state index contributed by atoms with van der Waals surface area (Å²) in [6, 6.07) is 7.54. The van der Waals surface area contributed by atoms with E-state index >= 15 is 0 Å². The van der Waals surface area contributed by atoms with Gasteiger partial charge in [-0.3, -0.25) is 0 Å². The highest BCUT2D eigenvalue weighted by molar-refractivity contribution is 7.80. The van der Waals surface area contributed by atoms with Gasteiger partial charge in [0.15, 0.2) is 11.5 Å². The van der Waals surface area contributed by atoms with Gasteiger partial charge in [0, 0.05) is 13.1 Å². The molecule has 1 fully saturated rings. The number of rotatable bonds is 2. The standard InChI is InChI=1S/C12H15NO2S/c1-14-10-6-2-3-7-11(10)15-12(16)13-8-4-5-9-13/h2-3,6-7H,4-5,8-9H2,1H3. The first-order valence-corrected chi connectivity index (χ1v) is 5.82. The largest absolute Gasteiger partial charge is 0.493 e. The van der Waals surface area contributed by atoms with Gasteiger partial charge in [-0.2, -0.15) is 0 Å². The fraction of sp³-hybridized carbons (Fsp3) is 0.417. The maximum atomic E-state index is 5.65. The van der Waals surface area contributed by atoms with Gasteiger partial charge in [0.25, 0.3) is 5.17 Å². The molecular formula is C12H15NO2S. The van der Waals surface area contributed by atoms with E-state index in [1.54, 1.807) is 7.11 Å². The van der Waals surface area contributed by atoms with Crippen LogP contribution in [-0.2, 0) is 0 Å². The Kier molecular flexibility index (Phi) is 3.62. The Balaban J connectivity index is 2.05. The third-order valence-electron chi connectivity index (χ3n) is 2.63. The van der Waals surface area contributed by atoms with Crippen molar-refractivity contribution < 1.29 is 9.47 Å². The zero-order chi connectivity index (χ0) is 11.4. The summed E-state index contributed by atoms with van der Waals surface area (Å²) in [5.74, 6) is 1.39. The Morgan fingerprint density at radius 2 is 1.81 bits per heavy atom. The molecule has 0 saturated carbocycles. The lowest BCUT2D eigenvalue weighted by molar-refractivity contribution is 0.366. The summed E-state index contributed by atoms with van der Waals surface area (Å²) in [5, 5.41) is 0.544. The van der Waals surface area contributed by atoms with Gasteiger partial charge in [-0.15, -0.1) is 0 Å². The lowest BCUT2D eigenvalue weighted by Crippen LogP contribution is -2.30. The molecule has 2 rings (SSSR count). The highest BCUT2D eigenvalue weighted by atomic mass is 32.1. The fourth-order valence-electron chi connectivity index (χ4n) is 1.76. The van der Waals surface area contributed by atoms with Gasteiger partial charge in [-0.1, -0.05) is 12.1 Å². The monoisotopic (exact) mass is 237 g/mol. The van der Waals surface area contributed by atoms with Gasteiger partial charge in [-0.05, 0) is 37.2 Å². The van der Waals surface area contributed by atoms with Crippen LogP contribution >= 0.6 is 12.2 Å². The number of likely N-dealkylation sites (tertiary alicyclic amines) is 1. The Bertz CT molecular complexity index is 375. The molecule has 4 heteroatoms. The molecule has 0 aromatic heterocycles. The molecule has 1 aromatic rings. The van der Waals surface area contributed by atoms with Crippen molar-refractivity contribution >= 4 is 17.4 Å². The lowest BCUT2D eigenvalue weighted by Gasteiger charge is -2.19. The van der Waals surface area contributed by atoms with Crippen molar-refractivity contribution in [2.24, 2.45) is 0 Å². The van der Waals surface area contributed by atoms with Crippen molar-refractivity contribution in [1.29, 1.82) is 0 Å². The van der Waals surface area contributed by atoms with E-state index < -0.39 is 0 Å². The van der Waals surface area contributed by atoms with Crippen LogP contribution in [0.15, 0.2) is 24.3 Å². The molecule has 1 aliphatic rings. The van der Waals surface area contributed by atoms with Gasteiger partial charge >= 0.3 is 0 Å². The number of ether oxygens (including phenoxy) is 2. The van der Waals surface area contributed by atoms with Crippen LogP contribution < -0.4 is 9.47 Å². The van der Waals surface area contributed by atoms with Gasteiger partial charge in [0.2, 0.25) is 0 Å². The van der Waals surface area contributed by atoms with Crippen molar-refractivity contribution in [2.45, 2.75) is 12.8 Å². The van der Waals surface area contributed by atoms with E-state index in [2.05, 4.69) is 4.90 Å². The number of thiocarbonyl (C=S) groups is 1. The first-order chi connectivity index (χ1) is 7.81. The van der Waals surface area contributed by atoms with Crippen LogP contribution in [-0.4, -0.2) is 30.3 Å². The maximum absolute atomic E-state index is 5.65. The smallest absolute Gasteiger partial charge is 0.264 e. The molecule has 0 amide bonds. The fourth-order valence-corrected chi connectivity index (χ4v) is 2.03. The molecule has 0 spiro atoms. The average molecular weight is 237 g/mol. The number of nitrogens with zero attached hydrogens (tertiary/aromatic N) is 1. The van der Waals surface area contributed by atoms with Gasteiger partial charge in [0.1, 0.15) is 0 Å². The highest BCUT2D eigenvalue weighted by Gasteiger charge is 2.17. The van der Waals surface area contributed by atoms with Crippen molar-refractivity contribution in [3.63, 3.8) is 0 Å². The van der Waals surface area contributed by atoms with Crippen molar-refractivity contribution in [1.82, 2.24) is 4.90 Å². The molecular weight excluding hydrogens is 222 g/mol. The number of methoxy groups -OCH3 is 1. The molecule has 1 aliphatic heterocycles. The van der Waals surface area contributed by atoms with E-state index in [9.17, 15) is 0 Å². The molecule has 1 saturated heterocycles. The van der Waals surface area contributed by atoms with Crippen molar-refractivity contribution in [3.05, 3.63) is 24.3 Å². The van der Waals surface area contributed by atoms with Gasteiger partial charge in [0.05, 0.1) is 7.11 Å². The van der Waals surface area contributed by atoms with Crippen LogP contribution in [0.3, 0.4) is 0 Å². The summed E-state index contributed by atoms with van der Waals surface area (Å²) >= 11 is 5.25. The summed E-state index contributed by atoms with van der Waals surface area (Å²) in [4.78, 5) is 2.09. The van der Waals surface area contributed by atoms with E-state index in [0.717, 1.165) is 13.1 Å². The topological polar surface area (TPSA) is 21.7 Å². The third kappa shape index (κ3) is 2.44. The van der Waals surface area contributed by atoms with E-state index in [0.29, 0.717) is 16.7 Å². The Labute approximate surface area is 101 Å². The van der Waals surface area contributed by atoms with E-state index in [-0.39, 0.29) is 0 Å². The second-order valence-electron chi connectivity index (χ2n) is 3.71. The minimum atomic E-state index is 0.544. The molecule has 0 N–H and O–H groups in total. The average Bonchev–Trinajstić information content (AvgIpc) is 2.83. The molecule has 0 unspecified atom stereocenters. The first kappa shape index (κ1) is 11.2. The molecule has 0 radical (unpaired) electrons. The summed E-state index contributed by atoms with van der Waals surface area (Å²) in [5.41, 5.74) is 0. The van der Waals surface area contributed by atoms with E-state index in [1.165, 1.54) is 12.8 Å². The summed E-state index contributed by atoms with van der Waals surface area (Å²) in [6.07, 6.45) is 2.38. The van der Waals surface area contributed by atoms with Crippen LogP contribution in [0.2, 0.25) is 0 Å². The summed E-state index contributed by atoms with van der Waals surface area (Å²) in [7, 11) is 1.63. The molecule has 1 aromatic carbocycles. The van der Waals surface area contributed by atoms with Crippen molar-refractivity contribution in [2.75, 3.05) is 20.2 Å². The predicted molar refractivity (Wildman–Crippen MR) is 67.0 cm³/mol. The normalized spacial score (nSPS) is 14.9. The highest BCUT2D eigenvalue weighted by Crippen LogP contribution is 2.26. The number of benzene rings is 1. The number of hydrogen-bond acceptors (Lipinski definition) is 3. The minimum Gasteiger partial charge on any atom is -0.493 e. The van der Waals surface area contributed by atoms with Crippen LogP contribution in [0.25, 0.3) is 0 Å². The lowest BCUT2D eigenvalue weighted by atomic mass is 10.3. The quantitative estimate of drug-likeness (QED) is 0.736. The number of para-hydroxylation sites is 2. The zero-order valence-corrected chi connectivity index (χ0v) is 10.1. The summed E-state index contributed by atoms with van der Waals surface area (Å²) < 4.78 is 10.9. The van der Waals surface area contributed by atoms with Crippen LogP contribution in [0, 0.1) is 0 Å². The molecule has 86 valence electrons. The number of hydrogen-bond donors (Lipinski definition) is 0. The van der Waals surface area contributed by atoms with E-state index in [1.807, 2.05) is 24.3 Å². The van der Waals surface area contributed by atoms with Crippen LogP contribution in [0.4, 0.5) is 0 Å². The Hall–Kier alpha value is -1.29. The third-order valence-corrected chi connectivity index (χ3v) is 2.97. The Morgan fingerprint density at radius 1 is 1.19 bits per heavy atom. The minimum absolute atomic E-state index is 0.544. The molecule has 1 heterocycles. The first-order valence-electron chi connectivity index (χ1n) is 5.41. The second-order valence-corrected chi connectivity index (χ2v) is 4.06. The van der Waals surface area contributed by atoms with Gasteiger partial charge < -0.3 is 14.4 Å². The Morgan fingerprint density at radius 3 is 2.44 bits per heavy atom. The molecule has 0 aliphatic carbocycles.